The molecule has 2 aromatic carbocycles. The number of amides is 2. The van der Waals surface area contributed by atoms with Gasteiger partial charge in [0.05, 0.1) is 24.1 Å². The van der Waals surface area contributed by atoms with E-state index in [9.17, 15) is 4.79 Å². The van der Waals surface area contributed by atoms with E-state index in [0.717, 1.165) is 16.7 Å². The predicted molar refractivity (Wildman–Crippen MR) is 150 cm³/mol. The lowest BCUT2D eigenvalue weighted by atomic mass is 9.87. The molecule has 0 unspecified atom stereocenters. The van der Waals surface area contributed by atoms with E-state index < -0.39 is 0 Å². The summed E-state index contributed by atoms with van der Waals surface area (Å²) in [5.74, 6) is 2.12. The molecule has 0 atom stereocenters. The molecule has 2 aromatic heterocycles. The summed E-state index contributed by atoms with van der Waals surface area (Å²) in [5.41, 5.74) is 4.48. The molecule has 9 heteroatoms. The van der Waals surface area contributed by atoms with E-state index in [1.54, 1.807) is 44.8 Å². The number of pyridine rings is 1. The maximum atomic E-state index is 12.8. The van der Waals surface area contributed by atoms with Crippen molar-refractivity contribution in [2.45, 2.75) is 33.1 Å². The van der Waals surface area contributed by atoms with Crippen LogP contribution in [0.25, 0.3) is 11.3 Å². The Kier molecular flexibility index (Phi) is 7.76. The van der Waals surface area contributed by atoms with Crippen molar-refractivity contribution < 1.29 is 14.3 Å². The van der Waals surface area contributed by atoms with Crippen LogP contribution in [-0.4, -0.2) is 35.1 Å². The third-order valence-corrected chi connectivity index (χ3v) is 5.88. The van der Waals surface area contributed by atoms with E-state index >= 15 is 0 Å². The van der Waals surface area contributed by atoms with Gasteiger partial charge < -0.3 is 25.4 Å². The maximum Gasteiger partial charge on any atom is 0.323 e. The highest BCUT2D eigenvalue weighted by Crippen LogP contribution is 2.34. The fourth-order valence-corrected chi connectivity index (χ4v) is 3.80. The summed E-state index contributed by atoms with van der Waals surface area (Å²) in [6, 6.07) is 16.3. The van der Waals surface area contributed by atoms with Crippen LogP contribution in [0.2, 0.25) is 0 Å². The molecule has 2 heterocycles. The first kappa shape index (κ1) is 26.4. The van der Waals surface area contributed by atoms with Crippen molar-refractivity contribution in [1.29, 1.82) is 0 Å². The Bertz CT molecular complexity index is 1450. The lowest BCUT2D eigenvalue weighted by Crippen LogP contribution is -2.20. The molecule has 0 bridgehead atoms. The highest BCUT2D eigenvalue weighted by molar-refractivity contribution is 6.00. The zero-order chi connectivity index (χ0) is 27.3. The molecule has 2 amide bonds. The van der Waals surface area contributed by atoms with Crippen molar-refractivity contribution in [1.82, 2.24) is 15.0 Å². The zero-order valence-corrected chi connectivity index (χ0v) is 22.4. The van der Waals surface area contributed by atoms with Gasteiger partial charge >= 0.3 is 6.03 Å². The molecule has 0 aliphatic rings. The largest absolute Gasteiger partial charge is 0.495 e. The number of hydrogen-bond acceptors (Lipinski definition) is 7. The number of nitrogens with zero attached hydrogens (tertiary/aromatic N) is 3. The first-order valence-corrected chi connectivity index (χ1v) is 12.2. The Labute approximate surface area is 222 Å². The van der Waals surface area contributed by atoms with E-state index in [1.807, 2.05) is 43.3 Å². The van der Waals surface area contributed by atoms with Gasteiger partial charge in [-0.2, -0.15) is 0 Å². The normalized spacial score (nSPS) is 11.0. The molecule has 4 aromatic rings. The molecule has 0 aliphatic heterocycles. The SMILES string of the molecule is CNc1nccc(-c2cccnc2Oc2ccc(NC(=O)Nc3cc(C(C)(C)C)ccc3OC)cc2C)n1. The van der Waals surface area contributed by atoms with Gasteiger partial charge in [0.1, 0.15) is 11.5 Å². The van der Waals surface area contributed by atoms with Gasteiger partial charge in [-0.3, -0.25) is 0 Å². The molecular formula is C29H32N6O3. The lowest BCUT2D eigenvalue weighted by Gasteiger charge is -2.21. The Morgan fingerprint density at radius 2 is 1.71 bits per heavy atom. The van der Waals surface area contributed by atoms with Crippen LogP contribution in [0.1, 0.15) is 31.9 Å². The maximum absolute atomic E-state index is 12.8. The summed E-state index contributed by atoms with van der Waals surface area (Å²) in [7, 11) is 3.34. The molecular weight excluding hydrogens is 480 g/mol. The van der Waals surface area contributed by atoms with E-state index in [0.29, 0.717) is 40.4 Å². The van der Waals surface area contributed by atoms with E-state index in [4.69, 9.17) is 9.47 Å². The summed E-state index contributed by atoms with van der Waals surface area (Å²) < 4.78 is 11.6. The third-order valence-electron chi connectivity index (χ3n) is 5.88. The van der Waals surface area contributed by atoms with E-state index in [1.165, 1.54) is 0 Å². The highest BCUT2D eigenvalue weighted by atomic mass is 16.5. The number of anilines is 3. The van der Waals surface area contributed by atoms with Crippen LogP contribution < -0.4 is 25.4 Å². The van der Waals surface area contributed by atoms with Crippen LogP contribution in [0.3, 0.4) is 0 Å². The summed E-state index contributed by atoms with van der Waals surface area (Å²) in [4.78, 5) is 25.9. The lowest BCUT2D eigenvalue weighted by molar-refractivity contribution is 0.262. The minimum absolute atomic E-state index is 0.0672. The van der Waals surface area contributed by atoms with Gasteiger partial charge in [-0.1, -0.05) is 26.8 Å². The number of aryl methyl sites for hydroxylation is 1. The van der Waals surface area contributed by atoms with Crippen molar-refractivity contribution in [2.75, 3.05) is 30.1 Å². The number of benzene rings is 2. The van der Waals surface area contributed by atoms with Gasteiger partial charge in [-0.25, -0.2) is 19.7 Å². The number of nitrogens with one attached hydrogen (secondary N) is 3. The summed E-state index contributed by atoms with van der Waals surface area (Å²) in [6.07, 6.45) is 3.34. The fourth-order valence-electron chi connectivity index (χ4n) is 3.80. The summed E-state index contributed by atoms with van der Waals surface area (Å²) >= 11 is 0. The number of hydrogen-bond donors (Lipinski definition) is 3. The Hall–Kier alpha value is -4.66. The van der Waals surface area contributed by atoms with Gasteiger partial charge in [0.15, 0.2) is 0 Å². The van der Waals surface area contributed by atoms with Gasteiger partial charge in [-0.05, 0) is 72.0 Å². The second-order valence-electron chi connectivity index (χ2n) is 9.70. The van der Waals surface area contributed by atoms with Crippen LogP contribution in [0.4, 0.5) is 22.1 Å². The van der Waals surface area contributed by atoms with Crippen molar-refractivity contribution >= 4 is 23.4 Å². The highest BCUT2D eigenvalue weighted by Gasteiger charge is 2.17. The predicted octanol–water partition coefficient (Wildman–Crippen LogP) is 6.63. The van der Waals surface area contributed by atoms with Crippen molar-refractivity contribution in [3.63, 3.8) is 0 Å². The van der Waals surface area contributed by atoms with Crippen molar-refractivity contribution in [3.05, 3.63) is 78.1 Å². The number of ether oxygens (including phenoxy) is 2. The van der Waals surface area contributed by atoms with Crippen molar-refractivity contribution in [3.8, 4) is 28.6 Å². The number of rotatable bonds is 7. The fraction of sp³-hybridized carbons (Fsp3) is 0.241. The monoisotopic (exact) mass is 512 g/mol. The number of carbonyl (C=O) groups is 1. The van der Waals surface area contributed by atoms with Crippen molar-refractivity contribution in [2.24, 2.45) is 0 Å². The number of methoxy groups -OCH3 is 1. The van der Waals surface area contributed by atoms with Crippen LogP contribution >= 0.6 is 0 Å². The number of urea groups is 1. The second kappa shape index (κ2) is 11.2. The van der Waals surface area contributed by atoms with Gasteiger partial charge in [0.25, 0.3) is 0 Å². The smallest absolute Gasteiger partial charge is 0.323 e. The second-order valence-corrected chi connectivity index (χ2v) is 9.70. The molecule has 3 N–H and O–H groups in total. The van der Waals surface area contributed by atoms with E-state index in [-0.39, 0.29) is 11.4 Å². The average Bonchev–Trinajstić information content (AvgIpc) is 2.90. The molecule has 4 rings (SSSR count). The first-order valence-electron chi connectivity index (χ1n) is 12.2. The molecule has 0 radical (unpaired) electrons. The van der Waals surface area contributed by atoms with Crippen LogP contribution in [0.5, 0.6) is 17.4 Å². The molecule has 0 saturated heterocycles. The molecule has 9 nitrogen and oxygen atoms in total. The molecule has 0 fully saturated rings. The molecule has 38 heavy (non-hydrogen) atoms. The molecule has 0 aliphatic carbocycles. The average molecular weight is 513 g/mol. The molecule has 0 saturated carbocycles. The first-order chi connectivity index (χ1) is 18.2. The third kappa shape index (κ3) is 6.18. The molecule has 196 valence electrons. The van der Waals surface area contributed by atoms with Gasteiger partial charge in [0.2, 0.25) is 11.8 Å². The number of aromatic nitrogens is 3. The van der Waals surface area contributed by atoms with E-state index in [2.05, 4.69) is 51.7 Å². The Morgan fingerprint density at radius 1 is 0.921 bits per heavy atom. The Morgan fingerprint density at radius 3 is 2.42 bits per heavy atom. The number of carbonyl (C=O) groups excluding carboxylic acids is 1. The van der Waals surface area contributed by atoms with Crippen LogP contribution in [0.15, 0.2) is 67.0 Å². The Balaban J connectivity index is 1.50. The summed E-state index contributed by atoms with van der Waals surface area (Å²) in [5, 5.41) is 8.72. The zero-order valence-electron chi connectivity index (χ0n) is 22.4. The standard InChI is InChI=1S/C29H32N6O3/c1-18-16-20(33-28(36)35-23-17-19(29(2,3)4)9-11-25(23)37-6)10-12-24(18)38-26-21(8-7-14-31-26)22-13-15-32-27(30-5)34-22/h7-17H,1-6H3,(H,30,32,34)(H2,33,35,36). The minimum Gasteiger partial charge on any atom is -0.495 e. The minimum atomic E-state index is -0.376. The topological polar surface area (TPSA) is 110 Å². The quantitative estimate of drug-likeness (QED) is 0.255. The molecule has 0 spiro atoms. The van der Waals surface area contributed by atoms with Gasteiger partial charge in [-0.15, -0.1) is 0 Å². The summed E-state index contributed by atoms with van der Waals surface area (Å²) in [6.45, 7) is 8.26. The van der Waals surface area contributed by atoms with Crippen LogP contribution in [0, 0.1) is 6.92 Å². The van der Waals surface area contributed by atoms with Crippen LogP contribution in [-0.2, 0) is 5.41 Å². The van der Waals surface area contributed by atoms with Gasteiger partial charge in [0, 0.05) is 25.1 Å².